The van der Waals surface area contributed by atoms with Gasteiger partial charge < -0.3 is 0 Å². The number of hydrogen-bond donors (Lipinski definition) is 1. The minimum Gasteiger partial charge on any atom is -0.264 e. The molecular formula is C9H20O4S. The lowest BCUT2D eigenvalue weighted by molar-refractivity contribution is 0.186. The van der Waals surface area contributed by atoms with E-state index in [1.807, 2.05) is 6.92 Å². The van der Waals surface area contributed by atoms with Crippen molar-refractivity contribution in [3.05, 3.63) is 0 Å². The Labute approximate surface area is 86.6 Å². The second kappa shape index (κ2) is 5.68. The molecule has 0 saturated heterocycles. The molecule has 0 fully saturated rings. The zero-order valence-corrected chi connectivity index (χ0v) is 10.0. The lowest BCUT2D eigenvalue weighted by atomic mass is 9.89. The van der Waals surface area contributed by atoms with E-state index in [9.17, 15) is 8.42 Å². The van der Waals surface area contributed by atoms with Crippen molar-refractivity contribution in [2.24, 2.45) is 17.8 Å². The third kappa shape index (κ3) is 7.29. The SMILES string of the molecule is CC(C)CC(C)C(C)COS(=O)(=O)O. The van der Waals surface area contributed by atoms with Crippen molar-refractivity contribution in [1.82, 2.24) is 0 Å². The van der Waals surface area contributed by atoms with Crippen molar-refractivity contribution in [2.75, 3.05) is 6.61 Å². The average molecular weight is 224 g/mol. The molecule has 0 aromatic heterocycles. The van der Waals surface area contributed by atoms with Gasteiger partial charge in [0.25, 0.3) is 0 Å². The highest BCUT2D eigenvalue weighted by atomic mass is 32.3. The summed E-state index contributed by atoms with van der Waals surface area (Å²) in [6.45, 7) is 8.25. The van der Waals surface area contributed by atoms with Gasteiger partial charge in [-0.05, 0) is 24.2 Å². The van der Waals surface area contributed by atoms with Crippen LogP contribution in [0.15, 0.2) is 0 Å². The molecule has 0 aliphatic heterocycles. The first kappa shape index (κ1) is 13.9. The first-order chi connectivity index (χ1) is 6.22. The summed E-state index contributed by atoms with van der Waals surface area (Å²) in [6.07, 6.45) is 1.02. The molecule has 0 bridgehead atoms. The fourth-order valence-electron chi connectivity index (χ4n) is 1.33. The maximum atomic E-state index is 10.3. The Morgan fingerprint density at radius 2 is 1.64 bits per heavy atom. The van der Waals surface area contributed by atoms with Gasteiger partial charge in [-0.15, -0.1) is 0 Å². The van der Waals surface area contributed by atoms with Crippen molar-refractivity contribution >= 4 is 10.4 Å². The Hall–Kier alpha value is -0.130. The Balaban J connectivity index is 3.90. The molecule has 5 heteroatoms. The average Bonchev–Trinajstić information content (AvgIpc) is 1.97. The summed E-state index contributed by atoms with van der Waals surface area (Å²) in [6, 6.07) is 0. The van der Waals surface area contributed by atoms with Crippen LogP contribution in [0.4, 0.5) is 0 Å². The van der Waals surface area contributed by atoms with Gasteiger partial charge in [0.2, 0.25) is 0 Å². The maximum Gasteiger partial charge on any atom is 0.397 e. The quantitative estimate of drug-likeness (QED) is 0.702. The molecule has 14 heavy (non-hydrogen) atoms. The molecule has 0 aliphatic carbocycles. The highest BCUT2D eigenvalue weighted by Gasteiger charge is 2.16. The summed E-state index contributed by atoms with van der Waals surface area (Å²) in [4.78, 5) is 0. The van der Waals surface area contributed by atoms with E-state index in [-0.39, 0.29) is 12.5 Å². The van der Waals surface area contributed by atoms with Crippen LogP contribution in [0.5, 0.6) is 0 Å². The van der Waals surface area contributed by atoms with Crippen LogP contribution in [-0.4, -0.2) is 19.6 Å². The molecular weight excluding hydrogens is 204 g/mol. The summed E-state index contributed by atoms with van der Waals surface area (Å²) in [7, 11) is -4.28. The van der Waals surface area contributed by atoms with Gasteiger partial charge in [-0.1, -0.05) is 27.7 Å². The van der Waals surface area contributed by atoms with Gasteiger partial charge in [-0.3, -0.25) is 4.55 Å². The summed E-state index contributed by atoms with van der Waals surface area (Å²) >= 11 is 0. The van der Waals surface area contributed by atoms with E-state index >= 15 is 0 Å². The Bertz CT molecular complexity index is 246. The second-order valence-electron chi connectivity index (χ2n) is 4.30. The second-order valence-corrected chi connectivity index (χ2v) is 5.39. The molecule has 0 aromatic rings. The van der Waals surface area contributed by atoms with Crippen LogP contribution in [0.2, 0.25) is 0 Å². The van der Waals surface area contributed by atoms with Crippen LogP contribution in [-0.2, 0) is 14.6 Å². The Kier molecular flexibility index (Phi) is 5.63. The highest BCUT2D eigenvalue weighted by molar-refractivity contribution is 7.80. The van der Waals surface area contributed by atoms with Gasteiger partial charge in [-0.25, -0.2) is 4.18 Å². The van der Waals surface area contributed by atoms with E-state index in [0.29, 0.717) is 11.8 Å². The van der Waals surface area contributed by atoms with Crippen LogP contribution in [0.3, 0.4) is 0 Å². The lowest BCUT2D eigenvalue weighted by Gasteiger charge is -2.20. The first-order valence-corrected chi connectivity index (χ1v) is 6.20. The van der Waals surface area contributed by atoms with Crippen molar-refractivity contribution in [3.8, 4) is 0 Å². The third-order valence-corrected chi connectivity index (χ3v) is 2.73. The van der Waals surface area contributed by atoms with E-state index in [1.54, 1.807) is 0 Å². The predicted octanol–water partition coefficient (Wildman–Crippen LogP) is 2.12. The highest BCUT2D eigenvalue weighted by Crippen LogP contribution is 2.20. The van der Waals surface area contributed by atoms with E-state index < -0.39 is 10.4 Å². The fraction of sp³-hybridized carbons (Fsp3) is 1.00. The van der Waals surface area contributed by atoms with E-state index in [1.165, 1.54) is 0 Å². The van der Waals surface area contributed by atoms with Gasteiger partial charge in [0.1, 0.15) is 0 Å². The predicted molar refractivity (Wildman–Crippen MR) is 55.3 cm³/mol. The molecule has 0 rings (SSSR count). The maximum absolute atomic E-state index is 10.3. The molecule has 1 N–H and O–H groups in total. The fourth-order valence-corrected chi connectivity index (χ4v) is 1.72. The van der Waals surface area contributed by atoms with Gasteiger partial charge in [0, 0.05) is 0 Å². The van der Waals surface area contributed by atoms with Crippen LogP contribution >= 0.6 is 0 Å². The molecule has 2 unspecified atom stereocenters. The van der Waals surface area contributed by atoms with Crippen molar-refractivity contribution in [3.63, 3.8) is 0 Å². The third-order valence-electron chi connectivity index (χ3n) is 2.29. The van der Waals surface area contributed by atoms with Crippen molar-refractivity contribution in [1.29, 1.82) is 0 Å². The van der Waals surface area contributed by atoms with Gasteiger partial charge in [0.05, 0.1) is 6.61 Å². The summed E-state index contributed by atoms with van der Waals surface area (Å²) in [5, 5.41) is 0. The zero-order chi connectivity index (χ0) is 11.4. The van der Waals surface area contributed by atoms with Crippen molar-refractivity contribution in [2.45, 2.75) is 34.1 Å². The van der Waals surface area contributed by atoms with E-state index in [0.717, 1.165) is 6.42 Å². The van der Waals surface area contributed by atoms with Crippen LogP contribution in [0, 0.1) is 17.8 Å². The molecule has 0 heterocycles. The minimum atomic E-state index is -4.28. The topological polar surface area (TPSA) is 63.6 Å². The monoisotopic (exact) mass is 224 g/mol. The molecule has 0 amide bonds. The summed E-state index contributed by atoms with van der Waals surface area (Å²) in [5.74, 6) is 1.09. The van der Waals surface area contributed by atoms with Gasteiger partial charge >= 0.3 is 10.4 Å². The minimum absolute atomic E-state index is 0.0483. The van der Waals surface area contributed by atoms with Crippen molar-refractivity contribution < 1.29 is 17.2 Å². The summed E-state index contributed by atoms with van der Waals surface area (Å²) in [5.41, 5.74) is 0. The molecule has 0 saturated carbocycles. The van der Waals surface area contributed by atoms with Gasteiger partial charge in [0.15, 0.2) is 0 Å². The number of rotatable bonds is 6. The molecule has 0 aliphatic rings. The number of hydrogen-bond acceptors (Lipinski definition) is 3. The molecule has 4 nitrogen and oxygen atoms in total. The normalized spacial score (nSPS) is 17.0. The van der Waals surface area contributed by atoms with Crippen LogP contribution < -0.4 is 0 Å². The molecule has 0 radical (unpaired) electrons. The smallest absolute Gasteiger partial charge is 0.264 e. The Morgan fingerprint density at radius 1 is 1.14 bits per heavy atom. The molecule has 86 valence electrons. The van der Waals surface area contributed by atoms with Crippen LogP contribution in [0.1, 0.15) is 34.1 Å². The van der Waals surface area contributed by atoms with E-state index in [4.69, 9.17) is 4.55 Å². The molecule has 0 spiro atoms. The van der Waals surface area contributed by atoms with E-state index in [2.05, 4.69) is 25.0 Å². The first-order valence-electron chi connectivity index (χ1n) is 4.84. The molecule has 0 aromatic carbocycles. The largest absolute Gasteiger partial charge is 0.397 e. The van der Waals surface area contributed by atoms with Crippen LogP contribution in [0.25, 0.3) is 0 Å². The molecule has 2 atom stereocenters. The Morgan fingerprint density at radius 3 is 2.00 bits per heavy atom. The van der Waals surface area contributed by atoms with Gasteiger partial charge in [-0.2, -0.15) is 8.42 Å². The lowest BCUT2D eigenvalue weighted by Crippen LogP contribution is -2.18. The standard InChI is InChI=1S/C9H20O4S/c1-7(2)5-8(3)9(4)6-13-14(10,11)12/h7-9H,5-6H2,1-4H3,(H,10,11,12). The summed E-state index contributed by atoms with van der Waals surface area (Å²) < 4.78 is 33.3. The zero-order valence-electron chi connectivity index (χ0n) is 9.23.